The van der Waals surface area contributed by atoms with Crippen LogP contribution in [0.2, 0.25) is 18.1 Å². The van der Waals surface area contributed by atoms with Gasteiger partial charge in [-0.2, -0.15) is 0 Å². The first-order valence-electron chi connectivity index (χ1n) is 13.9. The molecule has 2 aliphatic rings. The molecule has 6 heteroatoms. The van der Waals surface area contributed by atoms with Crippen LogP contribution in [-0.4, -0.2) is 39.1 Å². The van der Waals surface area contributed by atoms with Crippen molar-refractivity contribution in [1.82, 2.24) is 0 Å². The van der Waals surface area contributed by atoms with E-state index in [1.54, 1.807) is 6.92 Å². The van der Waals surface area contributed by atoms with Gasteiger partial charge in [0, 0.05) is 16.7 Å². The molecule has 0 radical (unpaired) electrons. The van der Waals surface area contributed by atoms with Crippen molar-refractivity contribution >= 4 is 25.9 Å². The van der Waals surface area contributed by atoms with Gasteiger partial charge in [-0.05, 0) is 64.1 Å². The van der Waals surface area contributed by atoms with E-state index in [0.717, 1.165) is 6.42 Å². The predicted octanol–water partition coefficient (Wildman–Crippen LogP) is 7.17. The maximum atomic E-state index is 13.8. The van der Waals surface area contributed by atoms with Gasteiger partial charge in [-0.3, -0.25) is 14.4 Å². The van der Waals surface area contributed by atoms with Gasteiger partial charge in [0.25, 0.3) is 0 Å². The zero-order valence-corrected chi connectivity index (χ0v) is 26.9. The maximum Gasteiger partial charge on any atom is 0.315 e. The van der Waals surface area contributed by atoms with E-state index in [1.807, 2.05) is 6.92 Å². The fourth-order valence-electron chi connectivity index (χ4n) is 6.64. The Morgan fingerprint density at radius 2 is 1.65 bits per heavy atom. The van der Waals surface area contributed by atoms with E-state index in [-0.39, 0.29) is 45.9 Å². The summed E-state index contributed by atoms with van der Waals surface area (Å²) in [5.74, 6) is -2.29. The zero-order chi connectivity index (χ0) is 28.9. The second kappa shape index (κ2) is 10.6. The molecule has 0 heterocycles. The Labute approximate surface area is 227 Å². The number of Topliss-reactive ketones (excluding diaryl/α,β-unsaturated/α-hetero) is 2. The molecule has 0 N–H and O–H groups in total. The first-order valence-corrected chi connectivity index (χ1v) is 16.8. The first-order chi connectivity index (χ1) is 16.7. The summed E-state index contributed by atoms with van der Waals surface area (Å²) in [4.78, 5) is 38.6. The quantitative estimate of drug-likeness (QED) is 0.122. The van der Waals surface area contributed by atoms with E-state index in [4.69, 9.17) is 9.16 Å². The highest BCUT2D eigenvalue weighted by Gasteiger charge is 2.78. The standard InChI is InChI=1S/C31H52O5Si/c1-15-23(36-37(13,14)29(7,8)9)18(2)16-19(3)24-20(4)17-30(10)26(24)31(30,11)27(33)21(5)25(32)22(6)28(34)35-12/h16-18,21-24,26H,15H2,1-14H3/b19-16+/t18-,21?,22?,23-,24+,26-,30+,31-/m1/s1. The minimum Gasteiger partial charge on any atom is -0.468 e. The van der Waals surface area contributed by atoms with Crippen LogP contribution in [0.4, 0.5) is 0 Å². The number of ketones is 2. The van der Waals surface area contributed by atoms with Gasteiger partial charge >= 0.3 is 5.97 Å². The fourth-order valence-corrected chi connectivity index (χ4v) is 8.14. The summed E-state index contributed by atoms with van der Waals surface area (Å²) < 4.78 is 11.5. The van der Waals surface area contributed by atoms with Gasteiger partial charge in [-0.15, -0.1) is 0 Å². The number of ether oxygens (including phenoxy) is 1. The Morgan fingerprint density at radius 1 is 1.11 bits per heavy atom. The molecule has 0 aromatic rings. The zero-order valence-electron chi connectivity index (χ0n) is 25.9. The molecule has 1 saturated carbocycles. The average Bonchev–Trinajstić information content (AvgIpc) is 3.11. The van der Waals surface area contributed by atoms with Crippen molar-refractivity contribution in [2.75, 3.05) is 7.11 Å². The summed E-state index contributed by atoms with van der Waals surface area (Å²) >= 11 is 0. The van der Waals surface area contributed by atoms with Crippen LogP contribution in [-0.2, 0) is 23.5 Å². The summed E-state index contributed by atoms with van der Waals surface area (Å²) in [5.41, 5.74) is 1.63. The van der Waals surface area contributed by atoms with E-state index < -0.39 is 31.5 Å². The van der Waals surface area contributed by atoms with Crippen LogP contribution in [0.5, 0.6) is 0 Å². The molecule has 0 spiro atoms. The van der Waals surface area contributed by atoms with Crippen LogP contribution in [0.1, 0.15) is 82.6 Å². The lowest BCUT2D eigenvalue weighted by molar-refractivity contribution is -0.150. The number of carbonyl (C=O) groups excluding carboxylic acids is 3. The summed E-state index contributed by atoms with van der Waals surface area (Å²) in [6.07, 6.45) is 5.71. The van der Waals surface area contributed by atoms with E-state index in [0.29, 0.717) is 0 Å². The molecule has 5 nitrogen and oxygen atoms in total. The largest absolute Gasteiger partial charge is 0.468 e. The van der Waals surface area contributed by atoms with Gasteiger partial charge in [0.15, 0.2) is 14.1 Å². The highest BCUT2D eigenvalue weighted by molar-refractivity contribution is 6.74. The van der Waals surface area contributed by atoms with Crippen molar-refractivity contribution in [2.24, 2.45) is 40.4 Å². The minimum absolute atomic E-state index is 0.0666. The van der Waals surface area contributed by atoms with Crippen molar-refractivity contribution in [1.29, 1.82) is 0 Å². The Morgan fingerprint density at radius 3 is 2.11 bits per heavy atom. The molecule has 1 fully saturated rings. The molecule has 2 rings (SSSR count). The van der Waals surface area contributed by atoms with Gasteiger partial charge in [0.2, 0.25) is 0 Å². The topological polar surface area (TPSA) is 69.7 Å². The van der Waals surface area contributed by atoms with Crippen molar-refractivity contribution in [3.63, 3.8) is 0 Å². The van der Waals surface area contributed by atoms with Gasteiger partial charge in [0.05, 0.1) is 19.1 Å². The van der Waals surface area contributed by atoms with Crippen molar-refractivity contribution in [3.8, 4) is 0 Å². The molecule has 37 heavy (non-hydrogen) atoms. The normalized spacial score (nSPS) is 31.1. The third-order valence-corrected chi connectivity index (χ3v) is 14.7. The van der Waals surface area contributed by atoms with Gasteiger partial charge in [-0.25, -0.2) is 0 Å². The lowest BCUT2D eigenvalue weighted by Crippen LogP contribution is -2.45. The van der Waals surface area contributed by atoms with Crippen LogP contribution in [0.25, 0.3) is 0 Å². The van der Waals surface area contributed by atoms with Crippen molar-refractivity contribution < 1.29 is 23.5 Å². The van der Waals surface area contributed by atoms with E-state index in [9.17, 15) is 14.4 Å². The minimum atomic E-state index is -1.90. The van der Waals surface area contributed by atoms with Crippen LogP contribution in [0, 0.1) is 40.4 Å². The highest BCUT2D eigenvalue weighted by atomic mass is 28.4. The highest BCUT2D eigenvalue weighted by Crippen LogP contribution is 2.78. The average molecular weight is 533 g/mol. The number of hydrogen-bond donors (Lipinski definition) is 0. The summed E-state index contributed by atoms with van der Waals surface area (Å²) in [6.45, 7) is 27.5. The van der Waals surface area contributed by atoms with Crippen LogP contribution < -0.4 is 0 Å². The molecule has 0 aliphatic heterocycles. The van der Waals surface area contributed by atoms with E-state index in [2.05, 4.69) is 80.6 Å². The van der Waals surface area contributed by atoms with Gasteiger partial charge < -0.3 is 9.16 Å². The fraction of sp³-hybridized carbons (Fsp3) is 0.774. The third-order valence-electron chi connectivity index (χ3n) is 10.2. The maximum absolute atomic E-state index is 13.8. The Kier molecular flexibility index (Phi) is 9.04. The molecule has 0 saturated heterocycles. The molecule has 0 bridgehead atoms. The van der Waals surface area contributed by atoms with Crippen molar-refractivity contribution in [3.05, 3.63) is 23.3 Å². The Hall–Kier alpha value is -1.53. The number of hydrogen-bond acceptors (Lipinski definition) is 5. The van der Waals surface area contributed by atoms with Crippen LogP contribution in [0.3, 0.4) is 0 Å². The van der Waals surface area contributed by atoms with E-state index in [1.165, 1.54) is 25.2 Å². The van der Waals surface area contributed by atoms with Crippen LogP contribution in [0.15, 0.2) is 23.3 Å². The summed E-state index contributed by atoms with van der Waals surface area (Å²) in [7, 11) is -0.632. The third kappa shape index (κ3) is 5.34. The first kappa shape index (κ1) is 31.7. The molecular formula is C31H52O5Si. The Bertz CT molecular complexity index is 986. The molecular weight excluding hydrogens is 480 g/mol. The monoisotopic (exact) mass is 532 g/mol. The Balaban J connectivity index is 2.30. The number of fused-ring (bicyclic) bond motifs is 1. The number of rotatable bonds is 11. The lowest BCUT2D eigenvalue weighted by Gasteiger charge is -2.40. The molecule has 8 atom stereocenters. The van der Waals surface area contributed by atoms with Crippen LogP contribution >= 0.6 is 0 Å². The number of allylic oxidation sites excluding steroid dienone is 3. The molecule has 2 unspecified atom stereocenters. The second-order valence-electron chi connectivity index (χ2n) is 13.7. The van der Waals surface area contributed by atoms with Crippen molar-refractivity contribution in [2.45, 2.75) is 107 Å². The summed E-state index contributed by atoms with van der Waals surface area (Å²) in [6, 6.07) is 0. The number of carbonyl (C=O) groups is 3. The molecule has 0 amide bonds. The van der Waals surface area contributed by atoms with Gasteiger partial charge in [0.1, 0.15) is 11.7 Å². The number of methoxy groups -OCH3 is 1. The van der Waals surface area contributed by atoms with Gasteiger partial charge in [-0.1, -0.05) is 71.8 Å². The lowest BCUT2D eigenvalue weighted by atomic mass is 9.76. The smallest absolute Gasteiger partial charge is 0.315 e. The molecule has 210 valence electrons. The van der Waals surface area contributed by atoms with E-state index >= 15 is 0 Å². The second-order valence-corrected chi connectivity index (χ2v) is 18.4. The SMILES string of the molecule is CC[C@@H](O[Si](C)(C)C(C)(C)C)[C@H](C)/C=C(\C)[C@H]1C(C)=C[C@@]2(C)[C@@H]1[C@]2(C)C(=O)C(C)C(=O)C(C)C(=O)OC. The number of esters is 1. The molecule has 0 aromatic carbocycles. The molecule has 2 aliphatic carbocycles. The molecule has 0 aromatic heterocycles. The summed E-state index contributed by atoms with van der Waals surface area (Å²) in [5, 5.41) is 0.154. The predicted molar refractivity (Wildman–Crippen MR) is 153 cm³/mol.